The second-order valence-electron chi connectivity index (χ2n) is 4.44. The van der Waals surface area contributed by atoms with Gasteiger partial charge in [0.25, 0.3) is 0 Å². The standard InChI is InChI=1S/C15H18N4O/c1-2-11-4-3-5-13(8-11)18-10-12-6-7-17-14(9-12)15(16)19-20/h3-9,18,20H,2,10H2,1H3,(H2,16,19). The molecule has 0 aliphatic heterocycles. The van der Waals surface area contributed by atoms with Crippen LogP contribution in [0.4, 0.5) is 5.69 Å². The van der Waals surface area contributed by atoms with Gasteiger partial charge in [0.2, 0.25) is 0 Å². The summed E-state index contributed by atoms with van der Waals surface area (Å²) in [6, 6.07) is 12.0. The van der Waals surface area contributed by atoms with Crippen LogP contribution in [0.1, 0.15) is 23.7 Å². The molecule has 0 spiro atoms. The van der Waals surface area contributed by atoms with E-state index in [1.807, 2.05) is 18.2 Å². The summed E-state index contributed by atoms with van der Waals surface area (Å²) in [5.74, 6) is 0.0137. The maximum Gasteiger partial charge on any atom is 0.188 e. The second kappa shape index (κ2) is 6.56. The molecule has 1 aromatic carbocycles. The summed E-state index contributed by atoms with van der Waals surface area (Å²) >= 11 is 0. The number of nitrogens with two attached hydrogens (primary N) is 1. The van der Waals surface area contributed by atoms with Crippen LogP contribution in [0.15, 0.2) is 47.8 Å². The topological polar surface area (TPSA) is 83.5 Å². The molecule has 0 bridgehead atoms. The second-order valence-corrected chi connectivity index (χ2v) is 4.44. The van der Waals surface area contributed by atoms with Gasteiger partial charge < -0.3 is 16.3 Å². The lowest BCUT2D eigenvalue weighted by Gasteiger charge is -2.08. The summed E-state index contributed by atoms with van der Waals surface area (Å²) in [5.41, 5.74) is 9.38. The molecule has 1 heterocycles. The van der Waals surface area contributed by atoms with E-state index in [0.29, 0.717) is 12.2 Å². The van der Waals surface area contributed by atoms with Crippen molar-refractivity contribution in [2.75, 3.05) is 5.32 Å². The maximum atomic E-state index is 8.65. The number of nitrogens with one attached hydrogen (secondary N) is 1. The highest BCUT2D eigenvalue weighted by atomic mass is 16.4. The highest BCUT2D eigenvalue weighted by Crippen LogP contribution is 2.12. The number of rotatable bonds is 5. The van der Waals surface area contributed by atoms with Crippen molar-refractivity contribution in [2.24, 2.45) is 10.9 Å². The number of hydrogen-bond acceptors (Lipinski definition) is 4. The Morgan fingerprint density at radius 2 is 2.15 bits per heavy atom. The molecule has 0 aliphatic rings. The normalized spacial score (nSPS) is 11.3. The van der Waals surface area contributed by atoms with Gasteiger partial charge in [0, 0.05) is 18.4 Å². The molecule has 104 valence electrons. The van der Waals surface area contributed by atoms with E-state index in [-0.39, 0.29) is 5.84 Å². The smallest absolute Gasteiger partial charge is 0.188 e. The SMILES string of the molecule is CCc1cccc(NCc2ccnc(C(N)=NO)c2)c1. The first-order chi connectivity index (χ1) is 9.72. The number of oxime groups is 1. The van der Waals surface area contributed by atoms with Crippen molar-refractivity contribution in [3.05, 3.63) is 59.4 Å². The number of amidine groups is 1. The predicted molar refractivity (Wildman–Crippen MR) is 79.9 cm³/mol. The molecule has 0 amide bonds. The van der Waals surface area contributed by atoms with E-state index in [0.717, 1.165) is 17.7 Å². The van der Waals surface area contributed by atoms with Gasteiger partial charge in [-0.2, -0.15) is 0 Å². The Morgan fingerprint density at radius 1 is 1.30 bits per heavy atom. The quantitative estimate of drug-likeness (QED) is 0.337. The van der Waals surface area contributed by atoms with Gasteiger partial charge in [-0.25, -0.2) is 0 Å². The van der Waals surface area contributed by atoms with Crippen LogP contribution in [0, 0.1) is 0 Å². The van der Waals surface area contributed by atoms with E-state index >= 15 is 0 Å². The van der Waals surface area contributed by atoms with Crippen LogP contribution in [-0.4, -0.2) is 16.0 Å². The largest absolute Gasteiger partial charge is 0.409 e. The van der Waals surface area contributed by atoms with Crippen molar-refractivity contribution in [1.29, 1.82) is 0 Å². The maximum absolute atomic E-state index is 8.65. The third kappa shape index (κ3) is 3.47. The number of aromatic nitrogens is 1. The first kappa shape index (κ1) is 13.9. The van der Waals surface area contributed by atoms with Crippen molar-refractivity contribution in [2.45, 2.75) is 19.9 Å². The van der Waals surface area contributed by atoms with Crippen molar-refractivity contribution in [3.63, 3.8) is 0 Å². The predicted octanol–water partition coefficient (Wildman–Crippen LogP) is 2.35. The van der Waals surface area contributed by atoms with Gasteiger partial charge in [-0.05, 0) is 41.8 Å². The van der Waals surface area contributed by atoms with Crippen LogP contribution in [0.25, 0.3) is 0 Å². The van der Waals surface area contributed by atoms with Crippen LogP contribution < -0.4 is 11.1 Å². The molecule has 0 aliphatic carbocycles. The van der Waals surface area contributed by atoms with Crippen LogP contribution in [-0.2, 0) is 13.0 Å². The first-order valence-corrected chi connectivity index (χ1v) is 6.48. The molecule has 2 rings (SSSR count). The molecule has 0 unspecified atom stereocenters. The molecular weight excluding hydrogens is 252 g/mol. The number of benzene rings is 1. The van der Waals surface area contributed by atoms with Crippen LogP contribution >= 0.6 is 0 Å². The van der Waals surface area contributed by atoms with Gasteiger partial charge in [-0.1, -0.05) is 24.2 Å². The van der Waals surface area contributed by atoms with Gasteiger partial charge in [0.15, 0.2) is 5.84 Å². The van der Waals surface area contributed by atoms with E-state index in [2.05, 4.69) is 34.5 Å². The minimum Gasteiger partial charge on any atom is -0.409 e. The van der Waals surface area contributed by atoms with Gasteiger partial charge in [-0.15, -0.1) is 0 Å². The van der Waals surface area contributed by atoms with Crippen molar-refractivity contribution in [1.82, 2.24) is 4.98 Å². The fourth-order valence-corrected chi connectivity index (χ4v) is 1.88. The highest BCUT2D eigenvalue weighted by Gasteiger charge is 2.02. The minimum atomic E-state index is 0.0137. The van der Waals surface area contributed by atoms with E-state index < -0.39 is 0 Å². The van der Waals surface area contributed by atoms with E-state index in [9.17, 15) is 0 Å². The average Bonchev–Trinajstić information content (AvgIpc) is 2.52. The minimum absolute atomic E-state index is 0.0137. The summed E-state index contributed by atoms with van der Waals surface area (Å²) in [4.78, 5) is 4.05. The van der Waals surface area contributed by atoms with Crippen LogP contribution in [0.5, 0.6) is 0 Å². The van der Waals surface area contributed by atoms with E-state index in [4.69, 9.17) is 10.9 Å². The Labute approximate surface area is 118 Å². The monoisotopic (exact) mass is 270 g/mol. The number of nitrogens with zero attached hydrogens (tertiary/aromatic N) is 2. The first-order valence-electron chi connectivity index (χ1n) is 6.48. The van der Waals surface area contributed by atoms with Gasteiger partial charge in [0.1, 0.15) is 5.69 Å². The summed E-state index contributed by atoms with van der Waals surface area (Å²) in [7, 11) is 0. The summed E-state index contributed by atoms with van der Waals surface area (Å²) in [5, 5.41) is 15.0. The molecule has 5 nitrogen and oxygen atoms in total. The Kier molecular flexibility index (Phi) is 4.55. The number of aryl methyl sites for hydroxylation is 1. The molecule has 20 heavy (non-hydrogen) atoms. The Bertz CT molecular complexity index is 610. The highest BCUT2D eigenvalue weighted by molar-refractivity contribution is 5.95. The zero-order valence-corrected chi connectivity index (χ0v) is 11.4. The summed E-state index contributed by atoms with van der Waals surface area (Å²) in [6.07, 6.45) is 2.66. The average molecular weight is 270 g/mol. The Hall–Kier alpha value is -2.56. The number of hydrogen-bond donors (Lipinski definition) is 3. The van der Waals surface area contributed by atoms with Gasteiger partial charge in [-0.3, -0.25) is 4.98 Å². The molecule has 0 atom stereocenters. The number of anilines is 1. The zero-order chi connectivity index (χ0) is 14.4. The lowest BCUT2D eigenvalue weighted by molar-refractivity contribution is 0.318. The van der Waals surface area contributed by atoms with Crippen LogP contribution in [0.3, 0.4) is 0 Å². The molecule has 1 aromatic heterocycles. The summed E-state index contributed by atoms with van der Waals surface area (Å²) in [6.45, 7) is 2.78. The third-order valence-electron chi connectivity index (χ3n) is 3.03. The fraction of sp³-hybridized carbons (Fsp3) is 0.200. The van der Waals surface area contributed by atoms with Crippen LogP contribution in [0.2, 0.25) is 0 Å². The number of pyridine rings is 1. The van der Waals surface area contributed by atoms with E-state index in [1.54, 1.807) is 12.3 Å². The molecular formula is C15H18N4O. The van der Waals surface area contributed by atoms with E-state index in [1.165, 1.54) is 5.56 Å². The molecule has 5 heteroatoms. The molecule has 4 N–H and O–H groups in total. The van der Waals surface area contributed by atoms with Crippen molar-refractivity contribution < 1.29 is 5.21 Å². The molecule has 0 fully saturated rings. The zero-order valence-electron chi connectivity index (χ0n) is 11.4. The molecule has 2 aromatic rings. The Balaban J connectivity index is 2.07. The molecule has 0 saturated carbocycles. The van der Waals surface area contributed by atoms with Crippen molar-refractivity contribution in [3.8, 4) is 0 Å². The lowest BCUT2D eigenvalue weighted by atomic mass is 10.1. The molecule has 0 radical (unpaired) electrons. The van der Waals surface area contributed by atoms with Gasteiger partial charge >= 0.3 is 0 Å². The molecule has 0 saturated heterocycles. The lowest BCUT2D eigenvalue weighted by Crippen LogP contribution is -2.15. The van der Waals surface area contributed by atoms with Crippen molar-refractivity contribution >= 4 is 11.5 Å². The summed E-state index contributed by atoms with van der Waals surface area (Å²) < 4.78 is 0. The van der Waals surface area contributed by atoms with Gasteiger partial charge in [0.05, 0.1) is 0 Å². The Morgan fingerprint density at radius 3 is 2.90 bits per heavy atom. The third-order valence-corrected chi connectivity index (χ3v) is 3.03. The fourth-order valence-electron chi connectivity index (χ4n) is 1.88.